The van der Waals surface area contributed by atoms with Gasteiger partial charge in [-0.05, 0) is 30.3 Å². The number of benzene rings is 2. The Morgan fingerprint density at radius 1 is 0.815 bits per heavy atom. The van der Waals surface area contributed by atoms with Crippen LogP contribution in [0.25, 0.3) is 33.1 Å². The summed E-state index contributed by atoms with van der Waals surface area (Å²) in [5.74, 6) is 2.12. The van der Waals surface area contributed by atoms with Gasteiger partial charge in [-0.1, -0.05) is 0 Å². The van der Waals surface area contributed by atoms with E-state index in [2.05, 4.69) is 4.98 Å². The predicted molar refractivity (Wildman–Crippen MR) is 103 cm³/mol. The lowest BCUT2D eigenvalue weighted by Crippen LogP contribution is -2.03. The molecule has 6 heteroatoms. The highest BCUT2D eigenvalue weighted by molar-refractivity contribution is 6.13. The van der Waals surface area contributed by atoms with Crippen LogP contribution in [0.3, 0.4) is 0 Å². The number of pyridine rings is 1. The van der Waals surface area contributed by atoms with Crippen molar-refractivity contribution in [3.8, 4) is 28.6 Å². The van der Waals surface area contributed by atoms with E-state index in [0.717, 1.165) is 5.56 Å². The summed E-state index contributed by atoms with van der Waals surface area (Å²) >= 11 is 0. The molecule has 0 aliphatic rings. The van der Waals surface area contributed by atoms with Crippen LogP contribution in [0.4, 0.5) is 0 Å². The molecule has 0 aliphatic heterocycles. The zero-order valence-electron chi connectivity index (χ0n) is 15.1. The lowest BCUT2D eigenvalue weighted by Gasteiger charge is -2.15. The molecule has 2 aromatic heterocycles. The molecule has 0 N–H and O–H groups in total. The molecule has 27 heavy (non-hydrogen) atoms. The van der Waals surface area contributed by atoms with Crippen LogP contribution < -0.4 is 19.6 Å². The van der Waals surface area contributed by atoms with Crippen LogP contribution in [0, 0.1) is 0 Å². The summed E-state index contributed by atoms with van der Waals surface area (Å²) in [5.41, 5.74) is 1.00. The zero-order chi connectivity index (χ0) is 19.0. The van der Waals surface area contributed by atoms with Gasteiger partial charge in [0.2, 0.25) is 0 Å². The van der Waals surface area contributed by atoms with E-state index in [0.29, 0.717) is 44.8 Å². The molecule has 4 aromatic rings. The fourth-order valence-corrected chi connectivity index (χ4v) is 3.22. The van der Waals surface area contributed by atoms with Gasteiger partial charge in [-0.3, -0.25) is 9.78 Å². The highest BCUT2D eigenvalue weighted by Crippen LogP contribution is 2.43. The van der Waals surface area contributed by atoms with Gasteiger partial charge in [0.25, 0.3) is 0 Å². The van der Waals surface area contributed by atoms with E-state index in [1.807, 2.05) is 0 Å². The van der Waals surface area contributed by atoms with Gasteiger partial charge < -0.3 is 18.6 Å². The normalized spacial score (nSPS) is 10.9. The van der Waals surface area contributed by atoms with E-state index < -0.39 is 0 Å². The van der Waals surface area contributed by atoms with Crippen LogP contribution in [-0.2, 0) is 0 Å². The summed E-state index contributed by atoms with van der Waals surface area (Å²) in [7, 11) is 4.69. The molecule has 0 fully saturated rings. The Morgan fingerprint density at radius 3 is 2.07 bits per heavy atom. The van der Waals surface area contributed by atoms with Gasteiger partial charge in [0.15, 0.2) is 11.0 Å². The maximum atomic E-state index is 12.8. The maximum absolute atomic E-state index is 12.8. The lowest BCUT2D eigenvalue weighted by atomic mass is 10.0. The number of nitrogens with zero attached hydrogens (tertiary/aromatic N) is 1. The molecule has 0 bridgehead atoms. The summed E-state index contributed by atoms with van der Waals surface area (Å²) in [6, 6.07) is 10.3. The fourth-order valence-electron chi connectivity index (χ4n) is 3.22. The number of hydrogen-bond donors (Lipinski definition) is 0. The number of aromatic nitrogens is 1. The van der Waals surface area contributed by atoms with Crippen molar-refractivity contribution in [1.29, 1.82) is 0 Å². The van der Waals surface area contributed by atoms with Gasteiger partial charge in [-0.2, -0.15) is 0 Å². The zero-order valence-corrected chi connectivity index (χ0v) is 15.1. The van der Waals surface area contributed by atoms with Crippen LogP contribution in [-0.4, -0.2) is 26.3 Å². The molecule has 0 saturated carbocycles. The second-order valence-corrected chi connectivity index (χ2v) is 5.89. The summed E-state index contributed by atoms with van der Waals surface area (Å²) in [6.07, 6.45) is 3.30. The molecule has 0 amide bonds. The van der Waals surface area contributed by atoms with E-state index in [4.69, 9.17) is 18.6 Å². The van der Waals surface area contributed by atoms with Gasteiger partial charge in [0, 0.05) is 24.0 Å². The average Bonchev–Trinajstić information content (AvgIpc) is 2.72. The Morgan fingerprint density at radius 2 is 1.44 bits per heavy atom. The van der Waals surface area contributed by atoms with E-state index in [-0.39, 0.29) is 5.43 Å². The van der Waals surface area contributed by atoms with E-state index in [1.54, 1.807) is 64.1 Å². The SMILES string of the molecule is COc1ccc(OC)c2c1c(OC)cc1c(=O)cc(-c3ccncc3)oc12. The van der Waals surface area contributed by atoms with E-state index in [1.165, 1.54) is 6.07 Å². The Balaban J connectivity index is 2.21. The van der Waals surface area contributed by atoms with Crippen LogP contribution >= 0.6 is 0 Å². The van der Waals surface area contributed by atoms with Crippen molar-refractivity contribution >= 4 is 21.7 Å². The first-order chi connectivity index (χ1) is 13.2. The smallest absolute Gasteiger partial charge is 0.193 e. The van der Waals surface area contributed by atoms with Crippen LogP contribution in [0.5, 0.6) is 17.2 Å². The topological polar surface area (TPSA) is 70.8 Å². The molecule has 0 atom stereocenters. The average molecular weight is 363 g/mol. The monoisotopic (exact) mass is 363 g/mol. The molecular formula is C21H17NO5. The number of rotatable bonds is 4. The molecule has 2 aromatic carbocycles. The molecular weight excluding hydrogens is 346 g/mol. The van der Waals surface area contributed by atoms with Crippen molar-refractivity contribution in [2.75, 3.05) is 21.3 Å². The highest BCUT2D eigenvalue weighted by atomic mass is 16.5. The maximum Gasteiger partial charge on any atom is 0.193 e. The first-order valence-corrected chi connectivity index (χ1v) is 8.28. The third-order valence-corrected chi connectivity index (χ3v) is 4.49. The molecule has 0 unspecified atom stereocenters. The fraction of sp³-hybridized carbons (Fsp3) is 0.143. The molecule has 0 spiro atoms. The number of methoxy groups -OCH3 is 3. The highest BCUT2D eigenvalue weighted by Gasteiger charge is 2.20. The Labute approximate surface area is 154 Å². The van der Waals surface area contributed by atoms with Crippen LogP contribution in [0.2, 0.25) is 0 Å². The third kappa shape index (κ3) is 2.66. The van der Waals surface area contributed by atoms with Crippen molar-refractivity contribution in [2.45, 2.75) is 0 Å². The Bertz CT molecular complexity index is 1200. The van der Waals surface area contributed by atoms with Gasteiger partial charge in [0.1, 0.15) is 23.0 Å². The molecule has 0 saturated heterocycles. The van der Waals surface area contributed by atoms with Crippen molar-refractivity contribution in [1.82, 2.24) is 4.98 Å². The number of fused-ring (bicyclic) bond motifs is 3. The molecule has 0 radical (unpaired) electrons. The largest absolute Gasteiger partial charge is 0.496 e. The van der Waals surface area contributed by atoms with Gasteiger partial charge in [-0.25, -0.2) is 0 Å². The van der Waals surface area contributed by atoms with Crippen molar-refractivity contribution in [2.24, 2.45) is 0 Å². The van der Waals surface area contributed by atoms with Crippen LogP contribution in [0.15, 0.2) is 58.0 Å². The first kappa shape index (κ1) is 16.9. The molecule has 4 rings (SSSR count). The minimum absolute atomic E-state index is 0.173. The van der Waals surface area contributed by atoms with Crippen molar-refractivity contribution in [3.63, 3.8) is 0 Å². The lowest BCUT2D eigenvalue weighted by molar-refractivity contribution is 0.400. The standard InChI is InChI=1S/C21H17NO5/c1-24-15-4-5-16(25-2)20-19(15)18(26-3)10-13-14(23)11-17(27-21(13)20)12-6-8-22-9-7-12/h4-11H,1-3H3. The Hall–Kier alpha value is -3.54. The molecule has 6 nitrogen and oxygen atoms in total. The van der Waals surface area contributed by atoms with Gasteiger partial charge in [0.05, 0.1) is 37.5 Å². The second kappa shape index (κ2) is 6.64. The quantitative estimate of drug-likeness (QED) is 0.510. The molecule has 136 valence electrons. The van der Waals surface area contributed by atoms with Crippen LogP contribution in [0.1, 0.15) is 0 Å². The van der Waals surface area contributed by atoms with Crippen molar-refractivity contribution < 1.29 is 18.6 Å². The third-order valence-electron chi connectivity index (χ3n) is 4.49. The number of ether oxygens (including phenoxy) is 3. The summed E-state index contributed by atoms with van der Waals surface area (Å²) in [5, 5.41) is 1.71. The van der Waals surface area contributed by atoms with Gasteiger partial charge >= 0.3 is 0 Å². The first-order valence-electron chi connectivity index (χ1n) is 8.28. The van der Waals surface area contributed by atoms with Gasteiger partial charge in [-0.15, -0.1) is 0 Å². The van der Waals surface area contributed by atoms with Crippen molar-refractivity contribution in [3.05, 3.63) is 59.0 Å². The Kier molecular flexibility index (Phi) is 4.16. The predicted octanol–water partition coefficient (Wildman–Crippen LogP) is 4.03. The minimum atomic E-state index is -0.173. The van der Waals surface area contributed by atoms with E-state index >= 15 is 0 Å². The number of hydrogen-bond acceptors (Lipinski definition) is 6. The summed E-state index contributed by atoms with van der Waals surface area (Å²) in [6.45, 7) is 0. The summed E-state index contributed by atoms with van der Waals surface area (Å²) in [4.78, 5) is 16.8. The molecule has 2 heterocycles. The summed E-state index contributed by atoms with van der Waals surface area (Å²) < 4.78 is 22.7. The van der Waals surface area contributed by atoms with E-state index in [9.17, 15) is 4.79 Å². The molecule has 0 aliphatic carbocycles. The minimum Gasteiger partial charge on any atom is -0.496 e. The second-order valence-electron chi connectivity index (χ2n) is 5.89.